The van der Waals surface area contributed by atoms with Crippen molar-refractivity contribution < 1.29 is 0 Å². The molecule has 2 heterocycles. The van der Waals surface area contributed by atoms with E-state index in [1.807, 2.05) is 0 Å². The number of likely N-dealkylation sites (tertiary alicyclic amines) is 1. The van der Waals surface area contributed by atoms with Gasteiger partial charge in [-0.2, -0.15) is 0 Å². The molecular weight excluding hydrogens is 210 g/mol. The van der Waals surface area contributed by atoms with Gasteiger partial charge in [0.1, 0.15) is 0 Å². The molecule has 2 rings (SSSR count). The van der Waals surface area contributed by atoms with Gasteiger partial charge in [0.2, 0.25) is 0 Å². The van der Waals surface area contributed by atoms with Gasteiger partial charge in [-0.15, -0.1) is 0 Å². The molecular formula is C14H29N3. The molecule has 0 radical (unpaired) electrons. The topological polar surface area (TPSA) is 9.72 Å². The van der Waals surface area contributed by atoms with E-state index in [2.05, 4.69) is 35.6 Å². The van der Waals surface area contributed by atoms with Crippen LogP contribution in [0.2, 0.25) is 0 Å². The lowest BCUT2D eigenvalue weighted by atomic mass is 10.0. The van der Waals surface area contributed by atoms with E-state index in [9.17, 15) is 0 Å². The second kappa shape index (κ2) is 6.17. The molecule has 0 bridgehead atoms. The monoisotopic (exact) mass is 239 g/mol. The fraction of sp³-hybridized carbons (Fsp3) is 1.00. The van der Waals surface area contributed by atoms with E-state index in [4.69, 9.17) is 0 Å². The van der Waals surface area contributed by atoms with Crippen molar-refractivity contribution in [1.29, 1.82) is 0 Å². The molecule has 0 N–H and O–H groups in total. The van der Waals surface area contributed by atoms with Gasteiger partial charge in [0, 0.05) is 38.8 Å². The molecule has 0 saturated carbocycles. The first-order valence-electron chi connectivity index (χ1n) is 7.30. The molecule has 3 heteroatoms. The van der Waals surface area contributed by atoms with Gasteiger partial charge in [0.05, 0.1) is 0 Å². The number of hydrogen-bond donors (Lipinski definition) is 0. The van der Waals surface area contributed by atoms with Crippen LogP contribution in [0.3, 0.4) is 0 Å². The van der Waals surface area contributed by atoms with Gasteiger partial charge in [0.15, 0.2) is 0 Å². The van der Waals surface area contributed by atoms with E-state index in [0.29, 0.717) is 0 Å². The van der Waals surface area contributed by atoms with Crippen LogP contribution in [0.25, 0.3) is 0 Å². The van der Waals surface area contributed by atoms with Gasteiger partial charge in [-0.3, -0.25) is 4.90 Å². The highest BCUT2D eigenvalue weighted by Crippen LogP contribution is 2.18. The Morgan fingerprint density at radius 3 is 2.29 bits per heavy atom. The lowest BCUT2D eigenvalue weighted by Crippen LogP contribution is -2.49. The molecule has 0 spiro atoms. The van der Waals surface area contributed by atoms with Crippen LogP contribution < -0.4 is 0 Å². The fourth-order valence-corrected chi connectivity index (χ4v) is 3.13. The van der Waals surface area contributed by atoms with E-state index in [0.717, 1.165) is 12.0 Å². The van der Waals surface area contributed by atoms with Crippen LogP contribution in [0, 0.1) is 5.92 Å². The highest BCUT2D eigenvalue weighted by Gasteiger charge is 2.22. The van der Waals surface area contributed by atoms with E-state index in [-0.39, 0.29) is 0 Å². The Morgan fingerprint density at radius 2 is 1.76 bits per heavy atom. The zero-order chi connectivity index (χ0) is 12.3. The van der Waals surface area contributed by atoms with E-state index in [1.54, 1.807) is 0 Å². The number of hydrogen-bond acceptors (Lipinski definition) is 3. The third kappa shape index (κ3) is 3.94. The van der Waals surface area contributed by atoms with Crippen LogP contribution >= 0.6 is 0 Å². The zero-order valence-electron chi connectivity index (χ0n) is 11.9. The summed E-state index contributed by atoms with van der Waals surface area (Å²) in [5.74, 6) is 0.961. The molecule has 0 amide bonds. The first-order chi connectivity index (χ1) is 8.15. The molecule has 0 aromatic heterocycles. The van der Waals surface area contributed by atoms with Gasteiger partial charge in [0.25, 0.3) is 0 Å². The third-order valence-corrected chi connectivity index (χ3v) is 4.48. The summed E-state index contributed by atoms with van der Waals surface area (Å²) in [6, 6.07) is 0.723. The molecule has 17 heavy (non-hydrogen) atoms. The predicted molar refractivity (Wildman–Crippen MR) is 73.4 cm³/mol. The van der Waals surface area contributed by atoms with Crippen LogP contribution in [0.4, 0.5) is 0 Å². The molecule has 100 valence electrons. The summed E-state index contributed by atoms with van der Waals surface area (Å²) in [5, 5.41) is 0. The van der Waals surface area contributed by atoms with Gasteiger partial charge >= 0.3 is 0 Å². The number of rotatable bonds is 4. The maximum Gasteiger partial charge on any atom is 0.0113 e. The van der Waals surface area contributed by atoms with Crippen molar-refractivity contribution in [1.82, 2.24) is 14.7 Å². The number of piperazine rings is 1. The lowest BCUT2D eigenvalue weighted by Gasteiger charge is -2.37. The fourth-order valence-electron chi connectivity index (χ4n) is 3.13. The Balaban J connectivity index is 1.61. The summed E-state index contributed by atoms with van der Waals surface area (Å²) in [4.78, 5) is 7.73. The van der Waals surface area contributed by atoms with E-state index < -0.39 is 0 Å². The summed E-state index contributed by atoms with van der Waals surface area (Å²) in [5.41, 5.74) is 0. The van der Waals surface area contributed by atoms with Crippen LogP contribution in [0.1, 0.15) is 26.7 Å². The third-order valence-electron chi connectivity index (χ3n) is 4.48. The van der Waals surface area contributed by atoms with Crippen LogP contribution in [-0.2, 0) is 0 Å². The predicted octanol–water partition coefficient (Wildman–Crippen LogP) is 1.35. The molecule has 2 saturated heterocycles. The lowest BCUT2D eigenvalue weighted by molar-refractivity contribution is 0.104. The Morgan fingerprint density at radius 1 is 1.06 bits per heavy atom. The van der Waals surface area contributed by atoms with Crippen molar-refractivity contribution in [3.63, 3.8) is 0 Å². The molecule has 0 aliphatic carbocycles. The minimum Gasteiger partial charge on any atom is -0.306 e. The standard InChI is InChI=1S/C14H29N3/c1-13(2)17-10-8-16(9-11-17)7-5-14-4-6-15(3)12-14/h13-14H,4-12H2,1-3H3/t14-/m1/s1. The molecule has 2 aliphatic heterocycles. The molecule has 0 unspecified atom stereocenters. The van der Waals surface area contributed by atoms with Crippen LogP contribution in [-0.4, -0.2) is 73.6 Å². The molecule has 2 aliphatic rings. The molecule has 3 nitrogen and oxygen atoms in total. The maximum absolute atomic E-state index is 2.66. The molecule has 0 aromatic rings. The first kappa shape index (κ1) is 13.3. The van der Waals surface area contributed by atoms with E-state index in [1.165, 1.54) is 58.7 Å². The molecule has 0 aromatic carbocycles. The first-order valence-corrected chi connectivity index (χ1v) is 7.30. The van der Waals surface area contributed by atoms with Crippen molar-refractivity contribution in [2.75, 3.05) is 52.9 Å². The Bertz CT molecular complexity index is 222. The van der Waals surface area contributed by atoms with Crippen LogP contribution in [0.15, 0.2) is 0 Å². The van der Waals surface area contributed by atoms with Crippen molar-refractivity contribution in [3.05, 3.63) is 0 Å². The summed E-state index contributed by atoms with van der Waals surface area (Å²) < 4.78 is 0. The molecule has 1 atom stereocenters. The smallest absolute Gasteiger partial charge is 0.0113 e. The average Bonchev–Trinajstić information content (AvgIpc) is 2.73. The highest BCUT2D eigenvalue weighted by molar-refractivity contribution is 4.77. The zero-order valence-corrected chi connectivity index (χ0v) is 11.9. The minimum absolute atomic E-state index is 0.723. The van der Waals surface area contributed by atoms with Gasteiger partial charge in [-0.25, -0.2) is 0 Å². The summed E-state index contributed by atoms with van der Waals surface area (Å²) in [6.07, 6.45) is 2.83. The average molecular weight is 239 g/mol. The van der Waals surface area contributed by atoms with E-state index >= 15 is 0 Å². The quantitative estimate of drug-likeness (QED) is 0.733. The number of nitrogens with zero attached hydrogens (tertiary/aromatic N) is 3. The summed E-state index contributed by atoms with van der Waals surface area (Å²) in [6.45, 7) is 13.7. The highest BCUT2D eigenvalue weighted by atomic mass is 15.3. The Hall–Kier alpha value is -0.120. The maximum atomic E-state index is 2.66. The Labute approximate surface area is 107 Å². The van der Waals surface area contributed by atoms with Gasteiger partial charge < -0.3 is 9.80 Å². The SMILES string of the molecule is CC(C)N1CCN(CC[C@H]2CCN(C)C2)CC1. The Kier molecular flexibility index (Phi) is 4.83. The van der Waals surface area contributed by atoms with Gasteiger partial charge in [-0.1, -0.05) is 0 Å². The van der Waals surface area contributed by atoms with Crippen LogP contribution in [0.5, 0.6) is 0 Å². The second-order valence-corrected chi connectivity index (χ2v) is 6.18. The summed E-state index contributed by atoms with van der Waals surface area (Å²) >= 11 is 0. The van der Waals surface area contributed by atoms with Crippen molar-refractivity contribution >= 4 is 0 Å². The van der Waals surface area contributed by atoms with Crippen molar-refractivity contribution in [3.8, 4) is 0 Å². The van der Waals surface area contributed by atoms with Crippen molar-refractivity contribution in [2.45, 2.75) is 32.7 Å². The van der Waals surface area contributed by atoms with Crippen molar-refractivity contribution in [2.24, 2.45) is 5.92 Å². The molecule has 2 fully saturated rings. The largest absolute Gasteiger partial charge is 0.306 e. The minimum atomic E-state index is 0.723. The summed E-state index contributed by atoms with van der Waals surface area (Å²) in [7, 11) is 2.25. The normalized spacial score (nSPS) is 29.3. The van der Waals surface area contributed by atoms with Gasteiger partial charge in [-0.05, 0) is 52.7 Å². The second-order valence-electron chi connectivity index (χ2n) is 6.18.